The fourth-order valence-electron chi connectivity index (χ4n) is 2.96. The molecule has 1 heterocycles. The smallest absolute Gasteiger partial charge is 0.243 e. The van der Waals surface area contributed by atoms with Gasteiger partial charge in [0.15, 0.2) is 0 Å². The molecule has 1 atom stereocenters. The Balaban J connectivity index is 1.89. The highest BCUT2D eigenvalue weighted by molar-refractivity contribution is 5.88. The topological polar surface area (TPSA) is 71.1 Å². The lowest BCUT2D eigenvalue weighted by Crippen LogP contribution is -2.51. The molecule has 23 heavy (non-hydrogen) atoms. The third-order valence-corrected chi connectivity index (χ3v) is 4.39. The van der Waals surface area contributed by atoms with Crippen LogP contribution in [0.25, 0.3) is 0 Å². The largest absolute Gasteiger partial charge is 0.349 e. The zero-order valence-corrected chi connectivity index (χ0v) is 14.0. The lowest BCUT2D eigenvalue weighted by atomic mass is 9.88. The maximum Gasteiger partial charge on any atom is 0.243 e. The van der Waals surface area contributed by atoms with Gasteiger partial charge < -0.3 is 10.6 Å². The van der Waals surface area contributed by atoms with E-state index in [9.17, 15) is 9.59 Å². The molecule has 0 radical (unpaired) electrons. The van der Waals surface area contributed by atoms with Crippen molar-refractivity contribution in [3.05, 3.63) is 30.1 Å². The Labute approximate surface area is 138 Å². The van der Waals surface area contributed by atoms with Gasteiger partial charge in [0.25, 0.3) is 0 Å². The van der Waals surface area contributed by atoms with Gasteiger partial charge in [-0.05, 0) is 30.9 Å². The average Bonchev–Trinajstić information content (AvgIpc) is 2.58. The molecule has 126 valence electrons. The molecule has 0 bridgehead atoms. The molecule has 1 aliphatic rings. The molecule has 0 aromatic carbocycles. The second kappa shape index (κ2) is 8.65. The first kappa shape index (κ1) is 17.4. The summed E-state index contributed by atoms with van der Waals surface area (Å²) in [6, 6.07) is 5.10. The van der Waals surface area contributed by atoms with E-state index in [4.69, 9.17) is 0 Å². The lowest BCUT2D eigenvalue weighted by Gasteiger charge is -2.26. The van der Waals surface area contributed by atoms with Gasteiger partial charge >= 0.3 is 0 Å². The fraction of sp³-hybridized carbons (Fsp3) is 0.611. The number of aromatic nitrogens is 1. The van der Waals surface area contributed by atoms with Crippen molar-refractivity contribution in [1.29, 1.82) is 0 Å². The Hall–Kier alpha value is -1.91. The van der Waals surface area contributed by atoms with Crippen molar-refractivity contribution in [2.45, 2.75) is 58.5 Å². The minimum atomic E-state index is -0.492. The van der Waals surface area contributed by atoms with E-state index in [-0.39, 0.29) is 23.7 Å². The van der Waals surface area contributed by atoms with Crippen molar-refractivity contribution in [1.82, 2.24) is 15.6 Å². The van der Waals surface area contributed by atoms with Crippen LogP contribution in [0, 0.1) is 11.8 Å². The molecule has 5 heteroatoms. The Bertz CT molecular complexity index is 510. The van der Waals surface area contributed by atoms with Gasteiger partial charge in [0.1, 0.15) is 6.04 Å². The summed E-state index contributed by atoms with van der Waals surface area (Å²) in [4.78, 5) is 29.0. The number of pyridine rings is 1. The number of hydrogen-bond acceptors (Lipinski definition) is 3. The Morgan fingerprint density at radius 2 is 1.96 bits per heavy atom. The fourth-order valence-corrected chi connectivity index (χ4v) is 2.96. The summed E-state index contributed by atoms with van der Waals surface area (Å²) in [7, 11) is 0. The molecular weight excluding hydrogens is 290 g/mol. The van der Waals surface area contributed by atoms with Gasteiger partial charge in [0.2, 0.25) is 11.8 Å². The lowest BCUT2D eigenvalue weighted by molar-refractivity contribution is -0.132. The number of carbonyl (C=O) groups is 2. The number of hydrogen-bond donors (Lipinski definition) is 2. The summed E-state index contributed by atoms with van der Waals surface area (Å²) in [6.45, 7) is 4.28. The van der Waals surface area contributed by atoms with E-state index in [1.54, 1.807) is 6.20 Å². The van der Waals surface area contributed by atoms with Crippen molar-refractivity contribution in [3.63, 3.8) is 0 Å². The molecule has 0 aliphatic heterocycles. The molecule has 0 spiro atoms. The standard InChI is InChI=1S/C18H27N3O2/c1-13(2)16(21-17(22)14-8-4-3-5-9-14)18(23)20-12-15-10-6-7-11-19-15/h6-7,10-11,13-14,16H,3-5,8-9,12H2,1-2H3,(H,20,23)(H,21,22)/t16-/m1/s1. The highest BCUT2D eigenvalue weighted by Gasteiger charge is 2.28. The summed E-state index contributed by atoms with van der Waals surface area (Å²) in [5, 5.41) is 5.82. The van der Waals surface area contributed by atoms with Crippen LogP contribution in [0.5, 0.6) is 0 Å². The molecule has 0 saturated heterocycles. The Morgan fingerprint density at radius 1 is 1.22 bits per heavy atom. The molecular formula is C18H27N3O2. The molecule has 1 aromatic heterocycles. The van der Waals surface area contributed by atoms with Gasteiger partial charge in [-0.1, -0.05) is 39.2 Å². The van der Waals surface area contributed by atoms with Gasteiger partial charge in [-0.15, -0.1) is 0 Å². The van der Waals surface area contributed by atoms with E-state index >= 15 is 0 Å². The first-order valence-electron chi connectivity index (χ1n) is 8.56. The van der Waals surface area contributed by atoms with Gasteiger partial charge in [0, 0.05) is 12.1 Å². The quantitative estimate of drug-likeness (QED) is 0.846. The van der Waals surface area contributed by atoms with Crippen molar-refractivity contribution in [2.24, 2.45) is 11.8 Å². The highest BCUT2D eigenvalue weighted by Crippen LogP contribution is 2.24. The Morgan fingerprint density at radius 3 is 2.57 bits per heavy atom. The predicted molar refractivity (Wildman–Crippen MR) is 89.4 cm³/mol. The molecule has 5 nitrogen and oxygen atoms in total. The zero-order chi connectivity index (χ0) is 16.7. The van der Waals surface area contributed by atoms with Gasteiger partial charge in [-0.25, -0.2) is 0 Å². The van der Waals surface area contributed by atoms with Gasteiger partial charge in [-0.2, -0.15) is 0 Å². The van der Waals surface area contributed by atoms with E-state index in [0.29, 0.717) is 6.54 Å². The van der Waals surface area contributed by atoms with E-state index in [2.05, 4.69) is 15.6 Å². The minimum absolute atomic E-state index is 0.0244. The molecule has 1 aliphatic carbocycles. The van der Waals surface area contributed by atoms with Gasteiger partial charge in [-0.3, -0.25) is 14.6 Å². The molecule has 2 N–H and O–H groups in total. The van der Waals surface area contributed by atoms with E-state index in [1.165, 1.54) is 6.42 Å². The summed E-state index contributed by atoms with van der Waals surface area (Å²) in [5.41, 5.74) is 0.807. The molecule has 1 fully saturated rings. The van der Waals surface area contributed by atoms with Crippen LogP contribution in [-0.4, -0.2) is 22.8 Å². The van der Waals surface area contributed by atoms with Crippen molar-refractivity contribution >= 4 is 11.8 Å². The number of carbonyl (C=O) groups excluding carboxylic acids is 2. The SMILES string of the molecule is CC(C)[C@@H](NC(=O)C1CCCCC1)C(=O)NCc1ccccn1. The van der Waals surface area contributed by atoms with Crippen LogP contribution in [0.4, 0.5) is 0 Å². The van der Waals surface area contributed by atoms with Crippen LogP contribution in [0.1, 0.15) is 51.6 Å². The summed E-state index contributed by atoms with van der Waals surface area (Å²) < 4.78 is 0. The average molecular weight is 317 g/mol. The van der Waals surface area contributed by atoms with E-state index in [1.807, 2.05) is 32.0 Å². The second-order valence-electron chi connectivity index (χ2n) is 6.60. The summed E-state index contributed by atoms with van der Waals surface area (Å²) in [5.74, 6) is -0.00828. The second-order valence-corrected chi connectivity index (χ2v) is 6.60. The normalized spacial score (nSPS) is 16.8. The number of amides is 2. The summed E-state index contributed by atoms with van der Waals surface area (Å²) >= 11 is 0. The maximum absolute atomic E-state index is 12.4. The molecule has 1 saturated carbocycles. The van der Waals surface area contributed by atoms with Crippen LogP contribution < -0.4 is 10.6 Å². The monoisotopic (exact) mass is 317 g/mol. The van der Waals surface area contributed by atoms with Crippen LogP contribution >= 0.6 is 0 Å². The summed E-state index contributed by atoms with van der Waals surface area (Å²) in [6.07, 6.45) is 7.00. The van der Waals surface area contributed by atoms with Crippen molar-refractivity contribution in [3.8, 4) is 0 Å². The predicted octanol–water partition coefficient (Wildman–Crippen LogP) is 2.42. The number of rotatable bonds is 6. The zero-order valence-electron chi connectivity index (χ0n) is 14.0. The van der Waals surface area contributed by atoms with E-state index in [0.717, 1.165) is 31.4 Å². The highest BCUT2D eigenvalue weighted by atomic mass is 16.2. The van der Waals surface area contributed by atoms with Crippen LogP contribution in [0.3, 0.4) is 0 Å². The molecule has 0 unspecified atom stereocenters. The van der Waals surface area contributed by atoms with Gasteiger partial charge in [0.05, 0.1) is 12.2 Å². The van der Waals surface area contributed by atoms with Crippen LogP contribution in [-0.2, 0) is 16.1 Å². The number of nitrogens with zero attached hydrogens (tertiary/aromatic N) is 1. The maximum atomic E-state index is 12.4. The first-order valence-corrected chi connectivity index (χ1v) is 8.56. The molecule has 1 aromatic rings. The van der Waals surface area contributed by atoms with Crippen LogP contribution in [0.15, 0.2) is 24.4 Å². The number of nitrogens with one attached hydrogen (secondary N) is 2. The third-order valence-electron chi connectivity index (χ3n) is 4.39. The third kappa shape index (κ3) is 5.34. The van der Waals surface area contributed by atoms with Crippen LogP contribution in [0.2, 0.25) is 0 Å². The van der Waals surface area contributed by atoms with Crippen molar-refractivity contribution in [2.75, 3.05) is 0 Å². The minimum Gasteiger partial charge on any atom is -0.349 e. The molecule has 2 rings (SSSR count). The molecule has 2 amide bonds. The Kier molecular flexibility index (Phi) is 6.56. The van der Waals surface area contributed by atoms with E-state index < -0.39 is 6.04 Å². The first-order chi connectivity index (χ1) is 11.1. The van der Waals surface area contributed by atoms with Crippen molar-refractivity contribution < 1.29 is 9.59 Å².